The maximum Gasteiger partial charge on any atom is 0.245 e. The number of piperidine rings is 1. The molecule has 1 saturated heterocycles. The normalized spacial score (nSPS) is 15.3. The predicted octanol–water partition coefficient (Wildman–Crippen LogP) is 5.72. The summed E-state index contributed by atoms with van der Waals surface area (Å²) in [6.07, 6.45) is 0.684. The number of hydrogen-bond donors (Lipinski definition) is 0. The summed E-state index contributed by atoms with van der Waals surface area (Å²) in [6, 6.07) is 20.4. The molecule has 5 rings (SSSR count). The number of benzene rings is 3. The molecule has 1 amide bonds. The molecule has 1 aliphatic rings. The van der Waals surface area contributed by atoms with Gasteiger partial charge >= 0.3 is 0 Å². The SMILES string of the molecule is O=C(C1CCN(S(=O)(=O)c2ccccc2F)CC1)N(Cc1ccccc1)c1nc2ccc(Cl)cc2s1. The van der Waals surface area contributed by atoms with Crippen LogP contribution in [0.25, 0.3) is 10.2 Å². The third-order valence-electron chi connectivity index (χ3n) is 6.28. The third kappa shape index (κ3) is 5.01. The molecule has 0 aliphatic carbocycles. The molecule has 0 saturated carbocycles. The monoisotopic (exact) mass is 543 g/mol. The zero-order valence-corrected chi connectivity index (χ0v) is 21.6. The van der Waals surface area contributed by atoms with E-state index in [1.54, 1.807) is 11.0 Å². The first-order valence-electron chi connectivity index (χ1n) is 11.5. The molecule has 4 aromatic rings. The molecule has 2 heterocycles. The topological polar surface area (TPSA) is 70.6 Å². The Morgan fingerprint density at radius 1 is 1.06 bits per heavy atom. The largest absolute Gasteiger partial charge is 0.283 e. The smallest absolute Gasteiger partial charge is 0.245 e. The Morgan fingerprint density at radius 3 is 2.47 bits per heavy atom. The first-order valence-corrected chi connectivity index (χ1v) is 14.1. The number of carbonyl (C=O) groups is 1. The highest BCUT2D eigenvalue weighted by Crippen LogP contribution is 2.34. The van der Waals surface area contributed by atoms with Gasteiger partial charge in [-0.2, -0.15) is 4.31 Å². The van der Waals surface area contributed by atoms with E-state index < -0.39 is 15.8 Å². The molecule has 6 nitrogen and oxygen atoms in total. The molecule has 1 fully saturated rings. The summed E-state index contributed by atoms with van der Waals surface area (Å²) < 4.78 is 42.3. The van der Waals surface area contributed by atoms with Gasteiger partial charge in [-0.15, -0.1) is 0 Å². The van der Waals surface area contributed by atoms with Gasteiger partial charge in [0.25, 0.3) is 0 Å². The van der Waals surface area contributed by atoms with Crippen molar-refractivity contribution in [2.75, 3.05) is 18.0 Å². The van der Waals surface area contributed by atoms with Gasteiger partial charge in [0.1, 0.15) is 10.7 Å². The minimum Gasteiger partial charge on any atom is -0.283 e. The van der Waals surface area contributed by atoms with Gasteiger partial charge in [-0.1, -0.05) is 65.4 Å². The quantitative estimate of drug-likeness (QED) is 0.312. The van der Waals surface area contributed by atoms with Crippen molar-refractivity contribution in [3.05, 3.63) is 89.2 Å². The van der Waals surface area contributed by atoms with Crippen LogP contribution >= 0.6 is 22.9 Å². The lowest BCUT2D eigenvalue weighted by Crippen LogP contribution is -2.44. The average molecular weight is 544 g/mol. The van der Waals surface area contributed by atoms with Crippen molar-refractivity contribution in [3.63, 3.8) is 0 Å². The Hall–Kier alpha value is -2.85. The van der Waals surface area contributed by atoms with Gasteiger partial charge in [0.2, 0.25) is 15.9 Å². The molecular formula is C26H23ClFN3O3S2. The average Bonchev–Trinajstić information content (AvgIpc) is 3.30. The molecular weight excluding hydrogens is 521 g/mol. The van der Waals surface area contributed by atoms with Crippen LogP contribution in [0, 0.1) is 11.7 Å². The second-order valence-electron chi connectivity index (χ2n) is 8.63. The summed E-state index contributed by atoms with van der Waals surface area (Å²) in [4.78, 5) is 19.8. The lowest BCUT2D eigenvalue weighted by atomic mass is 9.96. The standard InChI is InChI=1S/C26H23ClFN3O3S2/c27-20-10-11-22-23(16-20)35-26(29-22)31(17-18-6-2-1-3-7-18)25(32)19-12-14-30(15-13-19)36(33,34)24-9-5-4-8-21(24)28/h1-11,16,19H,12-15,17H2. The second-order valence-corrected chi connectivity index (χ2v) is 12.0. The van der Waals surface area contributed by atoms with E-state index in [0.717, 1.165) is 21.8 Å². The molecule has 0 spiro atoms. The minimum atomic E-state index is -3.97. The fourth-order valence-electron chi connectivity index (χ4n) is 4.36. The van der Waals surface area contributed by atoms with E-state index in [0.29, 0.717) is 29.5 Å². The van der Waals surface area contributed by atoms with Crippen molar-refractivity contribution < 1.29 is 17.6 Å². The third-order valence-corrected chi connectivity index (χ3v) is 9.49. The molecule has 10 heteroatoms. The number of carbonyl (C=O) groups excluding carboxylic acids is 1. The van der Waals surface area contributed by atoms with Crippen LogP contribution in [0.2, 0.25) is 5.02 Å². The van der Waals surface area contributed by atoms with Crippen molar-refractivity contribution in [3.8, 4) is 0 Å². The van der Waals surface area contributed by atoms with E-state index in [1.807, 2.05) is 42.5 Å². The van der Waals surface area contributed by atoms with Gasteiger partial charge in [-0.05, 0) is 48.7 Å². The van der Waals surface area contributed by atoms with Gasteiger partial charge in [-0.25, -0.2) is 17.8 Å². The van der Waals surface area contributed by atoms with Gasteiger partial charge in [0.15, 0.2) is 5.13 Å². The van der Waals surface area contributed by atoms with Crippen LogP contribution in [0.15, 0.2) is 77.7 Å². The molecule has 0 atom stereocenters. The molecule has 0 unspecified atom stereocenters. The number of thiazole rings is 1. The number of fused-ring (bicyclic) bond motifs is 1. The van der Waals surface area contributed by atoms with E-state index in [4.69, 9.17) is 11.6 Å². The number of rotatable bonds is 6. The van der Waals surface area contributed by atoms with Gasteiger partial charge in [-0.3, -0.25) is 9.69 Å². The number of amides is 1. The molecule has 3 aromatic carbocycles. The maximum absolute atomic E-state index is 14.2. The van der Waals surface area contributed by atoms with E-state index in [9.17, 15) is 17.6 Å². The summed E-state index contributed by atoms with van der Waals surface area (Å²) in [7, 11) is -3.97. The second kappa shape index (κ2) is 10.3. The van der Waals surface area contributed by atoms with E-state index in [2.05, 4.69) is 4.98 Å². The number of hydrogen-bond acceptors (Lipinski definition) is 5. The van der Waals surface area contributed by atoms with E-state index >= 15 is 0 Å². The lowest BCUT2D eigenvalue weighted by molar-refractivity contribution is -0.123. The number of nitrogens with zero attached hydrogens (tertiary/aromatic N) is 3. The predicted molar refractivity (Wildman–Crippen MR) is 140 cm³/mol. The fraction of sp³-hybridized carbons (Fsp3) is 0.231. The zero-order valence-electron chi connectivity index (χ0n) is 19.2. The van der Waals surface area contributed by atoms with Crippen molar-refractivity contribution in [1.82, 2.24) is 9.29 Å². The van der Waals surface area contributed by atoms with Crippen LogP contribution in [0.3, 0.4) is 0 Å². The highest BCUT2D eigenvalue weighted by Gasteiger charge is 2.36. The van der Waals surface area contributed by atoms with E-state index in [1.165, 1.54) is 33.8 Å². The van der Waals surface area contributed by atoms with Crippen molar-refractivity contribution in [2.24, 2.45) is 5.92 Å². The highest BCUT2D eigenvalue weighted by molar-refractivity contribution is 7.89. The molecule has 0 radical (unpaired) electrons. The Bertz CT molecular complexity index is 1500. The van der Waals surface area contributed by atoms with Crippen molar-refractivity contribution >= 4 is 54.2 Å². The summed E-state index contributed by atoms with van der Waals surface area (Å²) in [5.74, 6) is -1.26. The number of anilines is 1. The summed E-state index contributed by atoms with van der Waals surface area (Å²) >= 11 is 7.54. The van der Waals surface area contributed by atoms with Gasteiger partial charge < -0.3 is 0 Å². The van der Waals surface area contributed by atoms with Crippen LogP contribution in [-0.4, -0.2) is 36.7 Å². The fourth-order valence-corrected chi connectivity index (χ4v) is 7.15. The first kappa shape index (κ1) is 24.8. The molecule has 0 N–H and O–H groups in total. The van der Waals surface area contributed by atoms with Crippen LogP contribution in [0.1, 0.15) is 18.4 Å². The van der Waals surface area contributed by atoms with Crippen LogP contribution in [0.5, 0.6) is 0 Å². The maximum atomic E-state index is 14.2. The van der Waals surface area contributed by atoms with Crippen LogP contribution < -0.4 is 4.90 Å². The van der Waals surface area contributed by atoms with Gasteiger partial charge in [0.05, 0.1) is 16.8 Å². The highest BCUT2D eigenvalue weighted by atomic mass is 35.5. The Balaban J connectivity index is 1.38. The van der Waals surface area contributed by atoms with Crippen LogP contribution in [-0.2, 0) is 21.4 Å². The Kier molecular flexibility index (Phi) is 7.07. The minimum absolute atomic E-state index is 0.105. The molecule has 0 bridgehead atoms. The lowest BCUT2D eigenvalue weighted by Gasteiger charge is -2.33. The molecule has 1 aromatic heterocycles. The zero-order chi connectivity index (χ0) is 25.3. The molecule has 36 heavy (non-hydrogen) atoms. The first-order chi connectivity index (χ1) is 17.3. The number of halogens is 2. The molecule has 1 aliphatic heterocycles. The summed E-state index contributed by atoms with van der Waals surface area (Å²) in [6.45, 7) is 0.629. The molecule has 186 valence electrons. The summed E-state index contributed by atoms with van der Waals surface area (Å²) in [5, 5.41) is 1.17. The van der Waals surface area contributed by atoms with Crippen molar-refractivity contribution in [2.45, 2.75) is 24.3 Å². The van der Waals surface area contributed by atoms with E-state index in [-0.39, 0.29) is 29.8 Å². The van der Waals surface area contributed by atoms with Crippen LogP contribution in [0.4, 0.5) is 9.52 Å². The Morgan fingerprint density at radius 2 is 1.75 bits per heavy atom. The van der Waals surface area contributed by atoms with Crippen molar-refractivity contribution in [1.29, 1.82) is 0 Å². The number of sulfonamides is 1. The Labute approximate surface area is 218 Å². The number of aromatic nitrogens is 1. The summed E-state index contributed by atoms with van der Waals surface area (Å²) in [5.41, 5.74) is 1.72. The van der Waals surface area contributed by atoms with Gasteiger partial charge in [0, 0.05) is 24.0 Å².